The van der Waals surface area contributed by atoms with Crippen LogP contribution in [0, 0.1) is 0 Å². The zero-order valence-electron chi connectivity index (χ0n) is 8.92. The molecule has 2 rings (SSSR count). The van der Waals surface area contributed by atoms with Crippen LogP contribution in [0.1, 0.15) is 5.01 Å². The third-order valence-electron chi connectivity index (χ3n) is 1.96. The SMILES string of the molecule is Nc1cc(Cl)c(Nc2nnc(C(F)(F)F)s2)c(Cl)c1. The summed E-state index contributed by atoms with van der Waals surface area (Å²) in [5, 5.41) is 8.21. The van der Waals surface area contributed by atoms with Crippen molar-refractivity contribution in [1.82, 2.24) is 10.2 Å². The van der Waals surface area contributed by atoms with E-state index in [4.69, 9.17) is 28.9 Å². The third kappa shape index (κ3) is 3.20. The predicted molar refractivity (Wildman–Crippen MR) is 69.1 cm³/mol. The molecule has 0 aliphatic rings. The van der Waals surface area contributed by atoms with Gasteiger partial charge in [0.05, 0.1) is 15.7 Å². The van der Waals surface area contributed by atoms with Gasteiger partial charge in [0, 0.05) is 5.69 Å². The maximum absolute atomic E-state index is 12.4. The van der Waals surface area contributed by atoms with Crippen LogP contribution in [0.4, 0.5) is 29.7 Å². The molecular weight excluding hydrogens is 324 g/mol. The molecule has 0 aliphatic carbocycles. The molecule has 19 heavy (non-hydrogen) atoms. The summed E-state index contributed by atoms with van der Waals surface area (Å²) in [6, 6.07) is 2.84. The Bertz CT molecular complexity index is 591. The lowest BCUT2D eigenvalue weighted by Crippen LogP contribution is -2.03. The van der Waals surface area contributed by atoms with E-state index in [1.165, 1.54) is 12.1 Å². The van der Waals surface area contributed by atoms with Crippen molar-refractivity contribution in [2.75, 3.05) is 11.1 Å². The Morgan fingerprint density at radius 2 is 1.74 bits per heavy atom. The zero-order chi connectivity index (χ0) is 14.2. The van der Waals surface area contributed by atoms with E-state index in [-0.39, 0.29) is 20.9 Å². The van der Waals surface area contributed by atoms with Crippen molar-refractivity contribution in [3.63, 3.8) is 0 Å². The number of hydrogen-bond acceptors (Lipinski definition) is 5. The molecule has 10 heteroatoms. The summed E-state index contributed by atoms with van der Waals surface area (Å²) >= 11 is 12.1. The number of nitrogens with one attached hydrogen (secondary N) is 1. The highest BCUT2D eigenvalue weighted by Crippen LogP contribution is 2.38. The van der Waals surface area contributed by atoms with Gasteiger partial charge in [0.2, 0.25) is 10.1 Å². The molecule has 4 nitrogen and oxygen atoms in total. The normalized spacial score (nSPS) is 11.6. The number of nitrogens with zero attached hydrogens (tertiary/aromatic N) is 2. The first-order valence-corrected chi connectivity index (χ1v) is 6.27. The molecule has 2 aromatic rings. The van der Waals surface area contributed by atoms with Gasteiger partial charge in [-0.05, 0) is 12.1 Å². The highest BCUT2D eigenvalue weighted by atomic mass is 35.5. The van der Waals surface area contributed by atoms with E-state index in [2.05, 4.69) is 15.5 Å². The van der Waals surface area contributed by atoms with Crippen LogP contribution in [0.3, 0.4) is 0 Å². The summed E-state index contributed by atoms with van der Waals surface area (Å²) in [5.41, 5.74) is 6.08. The van der Waals surface area contributed by atoms with Crippen molar-refractivity contribution in [2.24, 2.45) is 0 Å². The van der Waals surface area contributed by atoms with Crippen LogP contribution in [0.25, 0.3) is 0 Å². The average molecular weight is 329 g/mol. The second-order valence-corrected chi connectivity index (χ2v) is 5.19. The number of nitrogens with two attached hydrogens (primary N) is 1. The number of rotatable bonds is 2. The quantitative estimate of drug-likeness (QED) is 0.811. The van der Waals surface area contributed by atoms with Gasteiger partial charge in [-0.2, -0.15) is 13.2 Å². The summed E-state index contributed by atoms with van der Waals surface area (Å²) in [5.74, 6) is 0. The molecule has 0 saturated carbocycles. The van der Waals surface area contributed by atoms with E-state index in [1.807, 2.05) is 0 Å². The molecule has 1 aromatic carbocycles. The molecule has 1 heterocycles. The maximum atomic E-state index is 12.4. The standard InChI is InChI=1S/C9H5Cl2F3N4S/c10-4-1-3(15)2-5(11)6(4)16-8-18-17-7(19-8)9(12,13)14/h1-2H,15H2,(H,16,18). The van der Waals surface area contributed by atoms with E-state index >= 15 is 0 Å². The first-order valence-electron chi connectivity index (χ1n) is 4.69. The van der Waals surface area contributed by atoms with Gasteiger partial charge in [-0.25, -0.2) is 0 Å². The highest BCUT2D eigenvalue weighted by molar-refractivity contribution is 7.15. The molecule has 0 bridgehead atoms. The number of benzene rings is 1. The summed E-state index contributed by atoms with van der Waals surface area (Å²) in [7, 11) is 0. The Labute approximate surface area is 119 Å². The fraction of sp³-hybridized carbons (Fsp3) is 0.111. The molecule has 0 atom stereocenters. The van der Waals surface area contributed by atoms with E-state index in [9.17, 15) is 13.2 Å². The third-order valence-corrected chi connectivity index (χ3v) is 3.44. The fourth-order valence-corrected chi connectivity index (χ4v) is 2.42. The van der Waals surface area contributed by atoms with Crippen molar-refractivity contribution in [2.45, 2.75) is 6.18 Å². The Balaban J connectivity index is 2.30. The van der Waals surface area contributed by atoms with Crippen molar-refractivity contribution in [1.29, 1.82) is 0 Å². The number of anilines is 3. The minimum absolute atomic E-state index is 0.0686. The second-order valence-electron chi connectivity index (χ2n) is 3.39. The second kappa shape index (κ2) is 5.03. The minimum Gasteiger partial charge on any atom is -0.399 e. The van der Waals surface area contributed by atoms with Gasteiger partial charge < -0.3 is 11.1 Å². The lowest BCUT2D eigenvalue weighted by molar-refractivity contribution is -0.138. The van der Waals surface area contributed by atoms with Crippen LogP contribution in [0.2, 0.25) is 10.0 Å². The molecule has 0 aliphatic heterocycles. The van der Waals surface area contributed by atoms with E-state index < -0.39 is 11.2 Å². The predicted octanol–water partition coefficient (Wildman–Crippen LogP) is 4.19. The monoisotopic (exact) mass is 328 g/mol. The number of nitrogen functional groups attached to an aromatic ring is 1. The van der Waals surface area contributed by atoms with Crippen molar-refractivity contribution >= 4 is 51.0 Å². The van der Waals surface area contributed by atoms with Crippen LogP contribution in [0.15, 0.2) is 12.1 Å². The van der Waals surface area contributed by atoms with Gasteiger partial charge in [-0.3, -0.25) is 0 Å². The lowest BCUT2D eigenvalue weighted by Gasteiger charge is -2.08. The summed E-state index contributed by atoms with van der Waals surface area (Å²) < 4.78 is 37.1. The van der Waals surface area contributed by atoms with Gasteiger partial charge in [0.1, 0.15) is 0 Å². The van der Waals surface area contributed by atoms with E-state index in [0.29, 0.717) is 17.0 Å². The van der Waals surface area contributed by atoms with Crippen molar-refractivity contribution in [3.8, 4) is 0 Å². The summed E-state index contributed by atoms with van der Waals surface area (Å²) in [6.45, 7) is 0. The van der Waals surface area contributed by atoms with E-state index in [0.717, 1.165) is 0 Å². The molecule has 0 amide bonds. The van der Waals surface area contributed by atoms with Gasteiger partial charge in [0.25, 0.3) is 0 Å². The molecular formula is C9H5Cl2F3N4S. The molecule has 0 fully saturated rings. The number of halogens is 5. The van der Waals surface area contributed by atoms with Gasteiger partial charge in [-0.1, -0.05) is 34.5 Å². The highest BCUT2D eigenvalue weighted by Gasteiger charge is 2.35. The number of aromatic nitrogens is 2. The minimum atomic E-state index is -4.54. The Kier molecular flexibility index (Phi) is 3.75. The maximum Gasteiger partial charge on any atom is 0.445 e. The molecule has 102 valence electrons. The Hall–Kier alpha value is -1.25. The topological polar surface area (TPSA) is 63.8 Å². The van der Waals surface area contributed by atoms with Crippen LogP contribution in [0.5, 0.6) is 0 Å². The van der Waals surface area contributed by atoms with Gasteiger partial charge >= 0.3 is 6.18 Å². The molecule has 3 N–H and O–H groups in total. The smallest absolute Gasteiger partial charge is 0.399 e. The first kappa shape index (κ1) is 14.2. The largest absolute Gasteiger partial charge is 0.445 e. The first-order chi connectivity index (χ1) is 8.77. The fourth-order valence-electron chi connectivity index (χ4n) is 1.21. The summed E-state index contributed by atoms with van der Waals surface area (Å²) in [6.07, 6.45) is -4.54. The molecule has 0 unspecified atom stereocenters. The molecule has 0 spiro atoms. The van der Waals surface area contributed by atoms with Crippen molar-refractivity contribution in [3.05, 3.63) is 27.2 Å². The van der Waals surface area contributed by atoms with Crippen LogP contribution in [-0.4, -0.2) is 10.2 Å². The number of hydrogen-bond donors (Lipinski definition) is 2. The van der Waals surface area contributed by atoms with E-state index in [1.54, 1.807) is 0 Å². The van der Waals surface area contributed by atoms with Crippen LogP contribution < -0.4 is 11.1 Å². The van der Waals surface area contributed by atoms with Gasteiger partial charge in [0.15, 0.2) is 0 Å². The molecule has 0 saturated heterocycles. The summed E-state index contributed by atoms with van der Waals surface area (Å²) in [4.78, 5) is 0. The number of alkyl halides is 3. The van der Waals surface area contributed by atoms with Crippen LogP contribution >= 0.6 is 34.5 Å². The zero-order valence-corrected chi connectivity index (χ0v) is 11.3. The van der Waals surface area contributed by atoms with Crippen molar-refractivity contribution < 1.29 is 13.2 Å². The van der Waals surface area contributed by atoms with Crippen LogP contribution in [-0.2, 0) is 6.18 Å². The Morgan fingerprint density at radius 1 is 1.16 bits per heavy atom. The lowest BCUT2D eigenvalue weighted by atomic mass is 10.3. The molecule has 1 aromatic heterocycles. The van der Waals surface area contributed by atoms with Gasteiger partial charge in [-0.15, -0.1) is 10.2 Å². The average Bonchev–Trinajstić information content (AvgIpc) is 2.71. The molecule has 0 radical (unpaired) electrons. The Morgan fingerprint density at radius 3 is 2.21 bits per heavy atom.